The van der Waals surface area contributed by atoms with E-state index in [1.807, 2.05) is 24.3 Å². The maximum absolute atomic E-state index is 5.82. The minimum absolute atomic E-state index is 0.578. The summed E-state index contributed by atoms with van der Waals surface area (Å²) in [6, 6.07) is 7.68. The maximum atomic E-state index is 5.82. The third kappa shape index (κ3) is 9.67. The zero-order chi connectivity index (χ0) is 21.6. The molecule has 1 aliphatic carbocycles. The Bertz CT molecular complexity index is 714. The van der Waals surface area contributed by atoms with Crippen LogP contribution in [0.3, 0.4) is 0 Å². The molecule has 2 aromatic rings. The average Bonchev–Trinajstić information content (AvgIpc) is 3.63. The Morgan fingerprint density at radius 2 is 1.45 bits per heavy atom. The summed E-state index contributed by atoms with van der Waals surface area (Å²) in [6.45, 7) is 3.70. The molecule has 1 saturated carbocycles. The van der Waals surface area contributed by atoms with E-state index in [0.29, 0.717) is 12.5 Å². The molecule has 0 saturated heterocycles. The van der Waals surface area contributed by atoms with E-state index >= 15 is 0 Å². The van der Waals surface area contributed by atoms with Gasteiger partial charge in [0.05, 0.1) is 25.1 Å². The average molecular weight is 426 g/mol. The molecule has 0 radical (unpaired) electrons. The van der Waals surface area contributed by atoms with E-state index in [9.17, 15) is 0 Å². The highest BCUT2D eigenvalue weighted by atomic mass is 16.5. The van der Waals surface area contributed by atoms with Gasteiger partial charge in [-0.3, -0.25) is 4.98 Å². The summed E-state index contributed by atoms with van der Waals surface area (Å²) in [7, 11) is 0. The van der Waals surface area contributed by atoms with Crippen molar-refractivity contribution < 1.29 is 9.47 Å². The van der Waals surface area contributed by atoms with Gasteiger partial charge in [-0.25, -0.2) is 0 Å². The third-order valence-corrected chi connectivity index (χ3v) is 5.86. The Morgan fingerprint density at radius 1 is 0.742 bits per heavy atom. The molecule has 0 aliphatic heterocycles. The molecule has 5 heteroatoms. The van der Waals surface area contributed by atoms with Crippen molar-refractivity contribution in [1.29, 1.82) is 0 Å². The molecule has 3 rings (SSSR count). The molecule has 0 spiro atoms. The highest BCUT2D eigenvalue weighted by Crippen LogP contribution is 2.34. The van der Waals surface area contributed by atoms with E-state index in [1.165, 1.54) is 70.6 Å². The van der Waals surface area contributed by atoms with Gasteiger partial charge in [0.25, 0.3) is 0 Å². The third-order valence-electron chi connectivity index (χ3n) is 5.86. The van der Waals surface area contributed by atoms with Crippen LogP contribution in [-0.2, 0) is 0 Å². The van der Waals surface area contributed by atoms with Gasteiger partial charge >= 0.3 is 0 Å². The molecule has 0 atom stereocenters. The van der Waals surface area contributed by atoms with Crippen LogP contribution in [0.2, 0.25) is 0 Å². The Kier molecular flexibility index (Phi) is 10.6. The lowest BCUT2D eigenvalue weighted by Gasteiger charge is -2.07. The molecular formula is C26H39N3O2. The second-order valence-electron chi connectivity index (χ2n) is 8.75. The normalized spacial score (nSPS) is 13.3. The first-order valence-corrected chi connectivity index (χ1v) is 12.4. The molecule has 1 aliphatic rings. The zero-order valence-electron chi connectivity index (χ0n) is 19.2. The minimum Gasteiger partial charge on any atom is -0.492 e. The standard InChI is InChI=1S/C26H39N3O2/c1-2-3-4-5-7-11-20-31-26-18-17-25(28-29-26)24-16-15-23(21-27-24)30-19-10-8-6-9-12-22-13-14-22/h15-18,21-22H,2-14,19-20H2,1H3. The van der Waals surface area contributed by atoms with Gasteiger partial charge in [0.1, 0.15) is 11.4 Å². The van der Waals surface area contributed by atoms with Crippen LogP contribution in [0.1, 0.15) is 90.4 Å². The van der Waals surface area contributed by atoms with Crippen molar-refractivity contribution in [2.45, 2.75) is 90.4 Å². The van der Waals surface area contributed by atoms with Gasteiger partial charge in [-0.1, -0.05) is 77.6 Å². The highest BCUT2D eigenvalue weighted by Gasteiger charge is 2.19. The fourth-order valence-corrected chi connectivity index (χ4v) is 3.70. The van der Waals surface area contributed by atoms with Crippen molar-refractivity contribution in [1.82, 2.24) is 15.2 Å². The van der Waals surface area contributed by atoms with Crippen LogP contribution in [0.5, 0.6) is 11.6 Å². The lowest BCUT2D eigenvalue weighted by molar-refractivity contribution is 0.290. The lowest BCUT2D eigenvalue weighted by Crippen LogP contribution is -2.01. The molecule has 0 aromatic carbocycles. The monoisotopic (exact) mass is 425 g/mol. The predicted molar refractivity (Wildman–Crippen MR) is 125 cm³/mol. The molecule has 5 nitrogen and oxygen atoms in total. The molecular weight excluding hydrogens is 386 g/mol. The SMILES string of the molecule is CCCCCCCCOc1ccc(-c2ccc(OCCCCCCC3CC3)cn2)nn1. The number of ether oxygens (including phenoxy) is 2. The van der Waals surface area contributed by atoms with Crippen molar-refractivity contribution in [3.63, 3.8) is 0 Å². The fourth-order valence-electron chi connectivity index (χ4n) is 3.70. The van der Waals surface area contributed by atoms with Crippen LogP contribution in [0, 0.1) is 5.92 Å². The van der Waals surface area contributed by atoms with E-state index in [0.717, 1.165) is 42.5 Å². The summed E-state index contributed by atoms with van der Waals surface area (Å²) >= 11 is 0. The van der Waals surface area contributed by atoms with Gasteiger partial charge in [0.15, 0.2) is 0 Å². The molecule has 31 heavy (non-hydrogen) atoms. The van der Waals surface area contributed by atoms with Crippen LogP contribution in [0.25, 0.3) is 11.4 Å². The van der Waals surface area contributed by atoms with Crippen molar-refractivity contribution in [2.75, 3.05) is 13.2 Å². The topological polar surface area (TPSA) is 57.1 Å². The number of aromatic nitrogens is 3. The maximum Gasteiger partial charge on any atom is 0.233 e. The van der Waals surface area contributed by atoms with Crippen molar-refractivity contribution in [2.24, 2.45) is 5.92 Å². The van der Waals surface area contributed by atoms with E-state index in [-0.39, 0.29) is 0 Å². The largest absolute Gasteiger partial charge is 0.492 e. The minimum atomic E-state index is 0.578. The first-order valence-electron chi connectivity index (χ1n) is 12.4. The summed E-state index contributed by atoms with van der Waals surface area (Å²) in [6.07, 6.45) is 18.7. The molecule has 1 fully saturated rings. The van der Waals surface area contributed by atoms with E-state index in [2.05, 4.69) is 22.1 Å². The molecule has 2 heterocycles. The predicted octanol–water partition coefficient (Wildman–Crippen LogP) is 7.02. The van der Waals surface area contributed by atoms with E-state index in [1.54, 1.807) is 6.20 Å². The Balaban J connectivity index is 1.29. The van der Waals surface area contributed by atoms with Gasteiger partial charge in [-0.15, -0.1) is 10.2 Å². The smallest absolute Gasteiger partial charge is 0.233 e. The van der Waals surface area contributed by atoms with Crippen LogP contribution >= 0.6 is 0 Å². The molecule has 2 aromatic heterocycles. The lowest BCUT2D eigenvalue weighted by atomic mass is 10.1. The zero-order valence-corrected chi connectivity index (χ0v) is 19.2. The van der Waals surface area contributed by atoms with Crippen LogP contribution in [0.15, 0.2) is 30.5 Å². The van der Waals surface area contributed by atoms with Gasteiger partial charge in [-0.2, -0.15) is 0 Å². The number of unbranched alkanes of at least 4 members (excludes halogenated alkanes) is 8. The van der Waals surface area contributed by atoms with Gasteiger partial charge in [0, 0.05) is 6.07 Å². The summed E-state index contributed by atoms with van der Waals surface area (Å²) in [4.78, 5) is 4.48. The first kappa shape index (κ1) is 23.5. The number of rotatable bonds is 17. The molecule has 0 unspecified atom stereocenters. The highest BCUT2D eigenvalue weighted by molar-refractivity contribution is 5.54. The van der Waals surface area contributed by atoms with Gasteiger partial charge in [-0.05, 0) is 37.0 Å². The molecule has 170 valence electrons. The van der Waals surface area contributed by atoms with E-state index in [4.69, 9.17) is 9.47 Å². The van der Waals surface area contributed by atoms with Gasteiger partial charge in [0.2, 0.25) is 5.88 Å². The summed E-state index contributed by atoms with van der Waals surface area (Å²) < 4.78 is 11.5. The van der Waals surface area contributed by atoms with Crippen LogP contribution in [-0.4, -0.2) is 28.4 Å². The number of nitrogens with zero attached hydrogens (tertiary/aromatic N) is 3. The number of pyridine rings is 1. The number of hydrogen-bond acceptors (Lipinski definition) is 5. The molecule has 0 amide bonds. The second-order valence-corrected chi connectivity index (χ2v) is 8.75. The quantitative estimate of drug-likeness (QED) is 0.255. The first-order chi connectivity index (χ1) is 15.3. The van der Waals surface area contributed by atoms with Crippen LogP contribution < -0.4 is 9.47 Å². The Hall–Kier alpha value is -2.17. The fraction of sp³-hybridized carbons (Fsp3) is 0.654. The van der Waals surface area contributed by atoms with E-state index < -0.39 is 0 Å². The van der Waals surface area contributed by atoms with Gasteiger partial charge < -0.3 is 9.47 Å². The summed E-state index contributed by atoms with van der Waals surface area (Å²) in [5.41, 5.74) is 1.54. The van der Waals surface area contributed by atoms with Crippen LogP contribution in [0.4, 0.5) is 0 Å². The van der Waals surface area contributed by atoms with Crippen molar-refractivity contribution >= 4 is 0 Å². The van der Waals surface area contributed by atoms with Crippen molar-refractivity contribution in [3.05, 3.63) is 30.5 Å². The molecule has 0 N–H and O–H groups in total. The Morgan fingerprint density at radius 3 is 2.13 bits per heavy atom. The summed E-state index contributed by atoms with van der Waals surface area (Å²) in [5.74, 6) is 2.45. The second kappa shape index (κ2) is 14.0. The molecule has 0 bridgehead atoms. The summed E-state index contributed by atoms with van der Waals surface area (Å²) in [5, 5.41) is 8.44. The van der Waals surface area contributed by atoms with Crippen molar-refractivity contribution in [3.8, 4) is 23.0 Å². The number of hydrogen-bond donors (Lipinski definition) is 0. The Labute approximate surface area is 188 Å².